The van der Waals surface area contributed by atoms with E-state index in [2.05, 4.69) is 0 Å². The first-order valence-electron chi connectivity index (χ1n) is 6.31. The predicted molar refractivity (Wildman–Crippen MR) is 64.4 cm³/mol. The minimum Gasteiger partial charge on any atom is -0.481 e. The molecule has 1 amide bonds. The largest absolute Gasteiger partial charge is 0.481 e. The van der Waals surface area contributed by atoms with Crippen molar-refractivity contribution in [2.75, 3.05) is 19.6 Å². The molecule has 2 atom stereocenters. The number of carbonyl (C=O) groups is 2. The van der Waals surface area contributed by atoms with E-state index in [0.717, 1.165) is 19.3 Å². The van der Waals surface area contributed by atoms with E-state index >= 15 is 0 Å². The van der Waals surface area contributed by atoms with Gasteiger partial charge in [-0.25, -0.2) is 0 Å². The maximum atomic E-state index is 12.1. The van der Waals surface area contributed by atoms with Crippen LogP contribution in [0, 0.1) is 11.8 Å². The molecule has 3 N–H and O–H groups in total. The van der Waals surface area contributed by atoms with Gasteiger partial charge >= 0.3 is 5.97 Å². The lowest BCUT2D eigenvalue weighted by molar-refractivity contribution is -0.146. The number of carboxylic acid groups (broad SMARTS) is 1. The number of nitrogens with two attached hydrogens (primary N) is 1. The maximum absolute atomic E-state index is 12.1. The van der Waals surface area contributed by atoms with Gasteiger partial charge in [-0.15, -0.1) is 0 Å². The Morgan fingerprint density at radius 3 is 2.76 bits per heavy atom. The summed E-state index contributed by atoms with van der Waals surface area (Å²) in [6, 6.07) is 0. The molecule has 0 radical (unpaired) electrons. The van der Waals surface area contributed by atoms with E-state index < -0.39 is 11.9 Å². The first kappa shape index (κ1) is 14.0. The highest BCUT2D eigenvalue weighted by Gasteiger charge is 2.30. The van der Waals surface area contributed by atoms with Gasteiger partial charge in [0.2, 0.25) is 5.91 Å². The topological polar surface area (TPSA) is 83.6 Å². The zero-order chi connectivity index (χ0) is 12.8. The van der Waals surface area contributed by atoms with E-state index in [1.165, 1.54) is 0 Å². The monoisotopic (exact) mass is 242 g/mol. The standard InChI is InChI=1S/C12H22N2O3/c1-2-4-9(7-13)11(15)14-6-3-5-10(8-14)12(16)17/h9-10H,2-8,13H2,1H3,(H,16,17). The van der Waals surface area contributed by atoms with Crippen LogP contribution in [-0.4, -0.2) is 41.5 Å². The summed E-state index contributed by atoms with van der Waals surface area (Å²) in [5.74, 6) is -1.33. The molecule has 5 nitrogen and oxygen atoms in total. The van der Waals surface area contributed by atoms with E-state index in [-0.39, 0.29) is 11.8 Å². The molecule has 1 rings (SSSR count). The number of aliphatic carboxylic acids is 1. The van der Waals surface area contributed by atoms with Gasteiger partial charge in [-0.2, -0.15) is 0 Å². The van der Waals surface area contributed by atoms with Crippen molar-refractivity contribution in [1.29, 1.82) is 0 Å². The SMILES string of the molecule is CCCC(CN)C(=O)N1CCCC(C(=O)O)C1. The number of amides is 1. The molecule has 1 fully saturated rings. The van der Waals surface area contributed by atoms with Crippen LogP contribution in [-0.2, 0) is 9.59 Å². The number of likely N-dealkylation sites (tertiary alicyclic amines) is 1. The summed E-state index contributed by atoms with van der Waals surface area (Å²) >= 11 is 0. The molecule has 0 aromatic heterocycles. The fraction of sp³-hybridized carbons (Fsp3) is 0.833. The number of piperidine rings is 1. The summed E-state index contributed by atoms with van der Waals surface area (Å²) < 4.78 is 0. The third-order valence-electron chi connectivity index (χ3n) is 3.35. The Morgan fingerprint density at radius 1 is 1.53 bits per heavy atom. The second kappa shape index (κ2) is 6.59. The van der Waals surface area contributed by atoms with Crippen molar-refractivity contribution in [2.45, 2.75) is 32.6 Å². The van der Waals surface area contributed by atoms with E-state index in [9.17, 15) is 9.59 Å². The molecule has 2 unspecified atom stereocenters. The van der Waals surface area contributed by atoms with Gasteiger partial charge in [-0.05, 0) is 19.3 Å². The molecule has 0 aliphatic carbocycles. The maximum Gasteiger partial charge on any atom is 0.308 e. The zero-order valence-corrected chi connectivity index (χ0v) is 10.4. The van der Waals surface area contributed by atoms with Crippen molar-refractivity contribution in [3.05, 3.63) is 0 Å². The highest BCUT2D eigenvalue weighted by molar-refractivity contribution is 5.80. The fourth-order valence-electron chi connectivity index (χ4n) is 2.33. The number of nitrogens with zero attached hydrogens (tertiary/aromatic N) is 1. The summed E-state index contributed by atoms with van der Waals surface area (Å²) in [4.78, 5) is 24.7. The van der Waals surface area contributed by atoms with Gasteiger partial charge < -0.3 is 15.7 Å². The summed E-state index contributed by atoms with van der Waals surface area (Å²) in [6.07, 6.45) is 3.14. The lowest BCUT2D eigenvalue weighted by Gasteiger charge is -2.33. The molecule has 5 heteroatoms. The number of carboxylic acids is 1. The Balaban J connectivity index is 2.58. The highest BCUT2D eigenvalue weighted by atomic mass is 16.4. The number of rotatable bonds is 5. The van der Waals surface area contributed by atoms with Gasteiger partial charge in [0.25, 0.3) is 0 Å². The van der Waals surface area contributed by atoms with E-state index in [1.807, 2.05) is 6.92 Å². The number of hydrogen-bond acceptors (Lipinski definition) is 3. The van der Waals surface area contributed by atoms with Crippen molar-refractivity contribution in [3.8, 4) is 0 Å². The minimum atomic E-state index is -0.803. The molecule has 17 heavy (non-hydrogen) atoms. The molecule has 1 saturated heterocycles. The zero-order valence-electron chi connectivity index (χ0n) is 10.4. The first-order chi connectivity index (χ1) is 8.10. The normalized spacial score (nSPS) is 22.2. The first-order valence-corrected chi connectivity index (χ1v) is 6.31. The van der Waals surface area contributed by atoms with Crippen molar-refractivity contribution >= 4 is 11.9 Å². The Kier molecular flexibility index (Phi) is 5.41. The van der Waals surface area contributed by atoms with Crippen LogP contribution in [0.2, 0.25) is 0 Å². The minimum absolute atomic E-state index is 0.0281. The fourth-order valence-corrected chi connectivity index (χ4v) is 2.33. The van der Waals surface area contributed by atoms with Crippen LogP contribution < -0.4 is 5.73 Å². The predicted octanol–water partition coefficient (Wildman–Crippen LogP) is 0.685. The number of carbonyl (C=O) groups excluding carboxylic acids is 1. The molecule has 98 valence electrons. The second-order valence-corrected chi connectivity index (χ2v) is 4.68. The van der Waals surface area contributed by atoms with Crippen LogP contribution >= 0.6 is 0 Å². The van der Waals surface area contributed by atoms with Gasteiger partial charge in [-0.1, -0.05) is 13.3 Å². The molecule has 1 heterocycles. The van der Waals surface area contributed by atoms with Crippen LogP contribution in [0.5, 0.6) is 0 Å². The Hall–Kier alpha value is -1.10. The molecule has 1 aliphatic heterocycles. The van der Waals surface area contributed by atoms with Crippen LogP contribution in [0.3, 0.4) is 0 Å². The molecule has 0 aromatic rings. The summed E-state index contributed by atoms with van der Waals surface area (Å²) in [5, 5.41) is 8.97. The summed E-state index contributed by atoms with van der Waals surface area (Å²) in [6.45, 7) is 3.38. The Bertz CT molecular complexity index is 281. The van der Waals surface area contributed by atoms with E-state index in [1.54, 1.807) is 4.90 Å². The highest BCUT2D eigenvalue weighted by Crippen LogP contribution is 2.19. The average Bonchev–Trinajstić information content (AvgIpc) is 2.35. The van der Waals surface area contributed by atoms with Crippen molar-refractivity contribution < 1.29 is 14.7 Å². The summed E-state index contributed by atoms with van der Waals surface area (Å²) in [7, 11) is 0. The van der Waals surface area contributed by atoms with Gasteiger partial charge in [0.1, 0.15) is 0 Å². The molecular formula is C12H22N2O3. The summed E-state index contributed by atoms with van der Waals surface area (Å²) in [5.41, 5.74) is 5.60. The third kappa shape index (κ3) is 3.70. The van der Waals surface area contributed by atoms with Crippen LogP contribution in [0.15, 0.2) is 0 Å². The van der Waals surface area contributed by atoms with Crippen LogP contribution in [0.25, 0.3) is 0 Å². The lowest BCUT2D eigenvalue weighted by Crippen LogP contribution is -2.46. The van der Waals surface area contributed by atoms with Gasteiger partial charge in [0.05, 0.1) is 11.8 Å². The molecular weight excluding hydrogens is 220 g/mol. The lowest BCUT2D eigenvalue weighted by atomic mass is 9.95. The van der Waals surface area contributed by atoms with Crippen molar-refractivity contribution in [2.24, 2.45) is 17.6 Å². The number of hydrogen-bond donors (Lipinski definition) is 2. The average molecular weight is 242 g/mol. The van der Waals surface area contributed by atoms with Crippen molar-refractivity contribution in [1.82, 2.24) is 4.90 Å². The molecule has 0 bridgehead atoms. The van der Waals surface area contributed by atoms with Crippen LogP contribution in [0.1, 0.15) is 32.6 Å². The van der Waals surface area contributed by atoms with Gasteiger partial charge in [0, 0.05) is 19.6 Å². The molecule has 0 spiro atoms. The quantitative estimate of drug-likeness (QED) is 0.742. The third-order valence-corrected chi connectivity index (χ3v) is 3.35. The Labute approximate surface area is 102 Å². The van der Waals surface area contributed by atoms with E-state index in [4.69, 9.17) is 10.8 Å². The van der Waals surface area contributed by atoms with Gasteiger partial charge in [-0.3, -0.25) is 9.59 Å². The van der Waals surface area contributed by atoms with Crippen LogP contribution in [0.4, 0.5) is 0 Å². The molecule has 0 saturated carbocycles. The smallest absolute Gasteiger partial charge is 0.308 e. The Morgan fingerprint density at radius 2 is 2.24 bits per heavy atom. The second-order valence-electron chi connectivity index (χ2n) is 4.68. The molecule has 1 aliphatic rings. The van der Waals surface area contributed by atoms with Crippen molar-refractivity contribution in [3.63, 3.8) is 0 Å². The van der Waals surface area contributed by atoms with Gasteiger partial charge in [0.15, 0.2) is 0 Å². The van der Waals surface area contributed by atoms with E-state index in [0.29, 0.717) is 26.1 Å². The molecule has 0 aromatic carbocycles.